The number of carbonyl (C=O) groups is 1. The molecule has 1 unspecified atom stereocenters. The Kier molecular flexibility index (Phi) is 3.86. The molecule has 0 radical (unpaired) electrons. The molecule has 4 heteroatoms. The standard InChI is InChI=1S/C18H19NO3/c1-3-19-16-8-7-13(9-14(16)11-17(19)20)18(21)12-5-4-6-15(10-12)22-2/h4-10,18,21H,3,11H2,1-2H3. The van der Waals surface area contributed by atoms with Gasteiger partial charge in [0.05, 0.1) is 13.5 Å². The van der Waals surface area contributed by atoms with Crippen LogP contribution in [-0.2, 0) is 11.2 Å². The molecule has 1 N–H and O–H groups in total. The highest BCUT2D eigenvalue weighted by Gasteiger charge is 2.26. The van der Waals surface area contributed by atoms with Gasteiger partial charge in [-0.2, -0.15) is 0 Å². The molecule has 1 aliphatic heterocycles. The van der Waals surface area contributed by atoms with Gasteiger partial charge in [-0.3, -0.25) is 4.79 Å². The van der Waals surface area contributed by atoms with Crippen molar-refractivity contribution in [2.24, 2.45) is 0 Å². The van der Waals surface area contributed by atoms with Gasteiger partial charge in [-0.1, -0.05) is 24.3 Å². The summed E-state index contributed by atoms with van der Waals surface area (Å²) in [5.74, 6) is 0.829. The fraction of sp³-hybridized carbons (Fsp3) is 0.278. The topological polar surface area (TPSA) is 49.8 Å². The quantitative estimate of drug-likeness (QED) is 0.944. The van der Waals surface area contributed by atoms with E-state index in [0.29, 0.717) is 18.7 Å². The van der Waals surface area contributed by atoms with Crippen molar-refractivity contribution in [1.29, 1.82) is 0 Å². The third kappa shape index (κ3) is 2.46. The van der Waals surface area contributed by atoms with E-state index in [1.165, 1.54) is 0 Å². The van der Waals surface area contributed by atoms with Gasteiger partial charge < -0.3 is 14.7 Å². The van der Waals surface area contributed by atoms with Gasteiger partial charge >= 0.3 is 0 Å². The number of benzene rings is 2. The highest BCUT2D eigenvalue weighted by atomic mass is 16.5. The summed E-state index contributed by atoms with van der Waals surface area (Å²) in [6.45, 7) is 2.63. The van der Waals surface area contributed by atoms with Crippen molar-refractivity contribution < 1.29 is 14.6 Å². The Bertz CT molecular complexity index is 711. The first kappa shape index (κ1) is 14.6. The summed E-state index contributed by atoms with van der Waals surface area (Å²) < 4.78 is 5.20. The lowest BCUT2D eigenvalue weighted by Gasteiger charge is -2.16. The summed E-state index contributed by atoms with van der Waals surface area (Å²) in [5.41, 5.74) is 3.49. The van der Waals surface area contributed by atoms with E-state index in [2.05, 4.69) is 0 Å². The molecule has 0 spiro atoms. The van der Waals surface area contributed by atoms with Crippen LogP contribution in [0.15, 0.2) is 42.5 Å². The van der Waals surface area contributed by atoms with Crippen LogP contribution in [0.3, 0.4) is 0 Å². The summed E-state index contributed by atoms with van der Waals surface area (Å²) >= 11 is 0. The Hall–Kier alpha value is -2.33. The molecule has 4 nitrogen and oxygen atoms in total. The maximum absolute atomic E-state index is 11.9. The van der Waals surface area contributed by atoms with Crippen LogP contribution < -0.4 is 9.64 Å². The lowest BCUT2D eigenvalue weighted by molar-refractivity contribution is -0.117. The number of anilines is 1. The number of nitrogens with zero attached hydrogens (tertiary/aromatic N) is 1. The summed E-state index contributed by atoms with van der Waals surface area (Å²) in [6, 6.07) is 13.1. The van der Waals surface area contributed by atoms with Crippen molar-refractivity contribution in [3.8, 4) is 5.75 Å². The Morgan fingerprint density at radius 2 is 2.00 bits per heavy atom. The fourth-order valence-corrected chi connectivity index (χ4v) is 2.92. The van der Waals surface area contributed by atoms with Crippen LogP contribution in [0, 0.1) is 0 Å². The first-order valence-corrected chi connectivity index (χ1v) is 7.39. The zero-order valence-corrected chi connectivity index (χ0v) is 12.7. The number of hydrogen-bond donors (Lipinski definition) is 1. The van der Waals surface area contributed by atoms with Crippen molar-refractivity contribution in [2.45, 2.75) is 19.4 Å². The molecule has 22 heavy (non-hydrogen) atoms. The zero-order valence-electron chi connectivity index (χ0n) is 12.7. The van der Waals surface area contributed by atoms with E-state index in [1.807, 2.05) is 49.4 Å². The van der Waals surface area contributed by atoms with Gasteiger partial charge in [-0.25, -0.2) is 0 Å². The number of aliphatic hydroxyl groups is 1. The lowest BCUT2D eigenvalue weighted by atomic mass is 9.98. The summed E-state index contributed by atoms with van der Waals surface area (Å²) in [5, 5.41) is 10.6. The van der Waals surface area contributed by atoms with Gasteiger partial charge in [-0.05, 0) is 41.8 Å². The van der Waals surface area contributed by atoms with Crippen molar-refractivity contribution in [3.63, 3.8) is 0 Å². The highest BCUT2D eigenvalue weighted by Crippen LogP contribution is 2.33. The molecule has 1 amide bonds. The van der Waals surface area contributed by atoms with Gasteiger partial charge in [0.15, 0.2) is 0 Å². The second-order valence-electron chi connectivity index (χ2n) is 5.38. The zero-order chi connectivity index (χ0) is 15.7. The molecular formula is C18H19NO3. The first-order chi connectivity index (χ1) is 10.6. The molecule has 0 bridgehead atoms. The number of likely N-dealkylation sites (N-methyl/N-ethyl adjacent to an activating group) is 1. The van der Waals surface area contributed by atoms with Gasteiger partial charge in [0.1, 0.15) is 11.9 Å². The second kappa shape index (κ2) is 5.81. The molecular weight excluding hydrogens is 278 g/mol. The van der Waals surface area contributed by atoms with Crippen molar-refractivity contribution >= 4 is 11.6 Å². The molecule has 1 heterocycles. The van der Waals surface area contributed by atoms with Crippen LogP contribution in [0.1, 0.15) is 29.7 Å². The highest BCUT2D eigenvalue weighted by molar-refractivity contribution is 6.01. The predicted molar refractivity (Wildman–Crippen MR) is 85.2 cm³/mol. The molecule has 114 valence electrons. The Morgan fingerprint density at radius 1 is 1.23 bits per heavy atom. The molecule has 2 aromatic carbocycles. The Labute approximate surface area is 130 Å². The molecule has 0 aromatic heterocycles. The number of rotatable bonds is 4. The number of methoxy groups -OCH3 is 1. The van der Waals surface area contributed by atoms with E-state index in [1.54, 1.807) is 12.0 Å². The smallest absolute Gasteiger partial charge is 0.231 e. The molecule has 2 aromatic rings. The largest absolute Gasteiger partial charge is 0.497 e. The van der Waals surface area contributed by atoms with Crippen LogP contribution in [0.25, 0.3) is 0 Å². The van der Waals surface area contributed by atoms with Crippen molar-refractivity contribution in [1.82, 2.24) is 0 Å². The molecule has 0 aliphatic carbocycles. The average molecular weight is 297 g/mol. The van der Waals surface area contributed by atoms with Crippen molar-refractivity contribution in [2.75, 3.05) is 18.6 Å². The third-order valence-corrected chi connectivity index (χ3v) is 4.08. The normalized spacial score (nSPS) is 14.9. The predicted octanol–water partition coefficient (Wildman–Crippen LogP) is 2.69. The van der Waals surface area contributed by atoms with Crippen LogP contribution in [0.2, 0.25) is 0 Å². The van der Waals surface area contributed by atoms with Crippen molar-refractivity contribution in [3.05, 3.63) is 59.2 Å². The molecule has 0 saturated heterocycles. The minimum absolute atomic E-state index is 0.116. The van der Waals surface area contributed by atoms with E-state index in [-0.39, 0.29) is 5.91 Å². The number of ether oxygens (including phenoxy) is 1. The SMILES string of the molecule is CCN1C(=O)Cc2cc(C(O)c3cccc(OC)c3)ccc21. The summed E-state index contributed by atoms with van der Waals surface area (Å²) in [6.07, 6.45) is -0.326. The van der Waals surface area contributed by atoms with Gasteiger partial charge in [0.2, 0.25) is 5.91 Å². The Morgan fingerprint density at radius 3 is 2.73 bits per heavy atom. The summed E-state index contributed by atoms with van der Waals surface area (Å²) in [7, 11) is 1.60. The lowest BCUT2D eigenvalue weighted by Crippen LogP contribution is -2.25. The molecule has 1 aliphatic rings. The average Bonchev–Trinajstić information content (AvgIpc) is 2.88. The third-order valence-electron chi connectivity index (χ3n) is 4.08. The van der Waals surface area contributed by atoms with E-state index in [0.717, 1.165) is 22.4 Å². The number of aliphatic hydroxyl groups excluding tert-OH is 1. The maximum Gasteiger partial charge on any atom is 0.231 e. The minimum Gasteiger partial charge on any atom is -0.497 e. The van der Waals surface area contributed by atoms with Gasteiger partial charge in [0, 0.05) is 12.2 Å². The fourth-order valence-electron chi connectivity index (χ4n) is 2.92. The molecule has 3 rings (SSSR count). The molecule has 0 fully saturated rings. The Balaban J connectivity index is 1.93. The second-order valence-corrected chi connectivity index (χ2v) is 5.38. The van der Waals surface area contributed by atoms with Crippen LogP contribution in [-0.4, -0.2) is 24.7 Å². The van der Waals surface area contributed by atoms with Gasteiger partial charge in [-0.15, -0.1) is 0 Å². The van der Waals surface area contributed by atoms with E-state index in [9.17, 15) is 9.90 Å². The van der Waals surface area contributed by atoms with Crippen LogP contribution in [0.5, 0.6) is 5.75 Å². The molecule has 0 saturated carbocycles. The monoisotopic (exact) mass is 297 g/mol. The van der Waals surface area contributed by atoms with E-state index >= 15 is 0 Å². The van der Waals surface area contributed by atoms with Crippen LogP contribution >= 0.6 is 0 Å². The summed E-state index contributed by atoms with van der Waals surface area (Å²) in [4.78, 5) is 13.7. The first-order valence-electron chi connectivity index (χ1n) is 7.39. The van der Waals surface area contributed by atoms with Gasteiger partial charge in [0.25, 0.3) is 0 Å². The number of hydrogen-bond acceptors (Lipinski definition) is 3. The molecule has 1 atom stereocenters. The van der Waals surface area contributed by atoms with E-state index in [4.69, 9.17) is 4.74 Å². The van der Waals surface area contributed by atoms with E-state index < -0.39 is 6.10 Å². The maximum atomic E-state index is 11.9. The van der Waals surface area contributed by atoms with Crippen LogP contribution in [0.4, 0.5) is 5.69 Å². The number of fused-ring (bicyclic) bond motifs is 1. The number of amides is 1. The number of carbonyl (C=O) groups excluding carboxylic acids is 1. The minimum atomic E-state index is -0.730.